The quantitative estimate of drug-likeness (QED) is 0.371. The highest BCUT2D eigenvalue weighted by Gasteiger charge is 2.18. The number of rotatable bonds is 5. The maximum atomic E-state index is 12.5. The maximum absolute atomic E-state index is 12.5. The second-order valence-electron chi connectivity index (χ2n) is 9.38. The average molecular weight is 489 g/mol. The minimum Gasteiger partial charge on any atom is -0.345 e. The molecule has 0 saturated heterocycles. The number of aromatic amines is 1. The molecule has 3 aromatic heterocycles. The highest BCUT2D eigenvalue weighted by Crippen LogP contribution is 2.37. The molecule has 0 aliphatic carbocycles. The molecule has 0 amide bonds. The molecular formula is C27H28N4O3S. The Labute approximate surface area is 204 Å². The fraction of sp³-hybridized carbons (Fsp3) is 0.222. The van der Waals surface area contributed by atoms with Gasteiger partial charge in [0.25, 0.3) is 5.56 Å². The topological polar surface area (TPSA) is 88.9 Å². The zero-order valence-corrected chi connectivity index (χ0v) is 21.2. The number of nitrogens with one attached hydrogen (secondary N) is 2. The van der Waals surface area contributed by atoms with Crippen LogP contribution in [-0.4, -0.2) is 28.8 Å². The molecular weight excluding hydrogens is 460 g/mol. The Bertz CT molecular complexity index is 1770. The van der Waals surface area contributed by atoms with E-state index in [0.717, 1.165) is 33.7 Å². The molecule has 35 heavy (non-hydrogen) atoms. The smallest absolute Gasteiger partial charge is 0.272 e. The van der Waals surface area contributed by atoms with Gasteiger partial charge < -0.3 is 14.1 Å². The summed E-state index contributed by atoms with van der Waals surface area (Å²) in [5, 5.41) is 1.72. The first kappa shape index (κ1) is 23.0. The summed E-state index contributed by atoms with van der Waals surface area (Å²) in [5.41, 5.74) is 8.56. The molecule has 0 radical (unpaired) electrons. The first-order valence-corrected chi connectivity index (χ1v) is 13.3. The van der Waals surface area contributed by atoms with Gasteiger partial charge in [-0.05, 0) is 61.7 Å². The van der Waals surface area contributed by atoms with Crippen LogP contribution in [0.1, 0.15) is 22.3 Å². The summed E-state index contributed by atoms with van der Waals surface area (Å²) in [6.45, 7) is 7.05. The summed E-state index contributed by atoms with van der Waals surface area (Å²) in [6.07, 6.45) is 6.75. The summed E-state index contributed by atoms with van der Waals surface area (Å²) in [6, 6.07) is 12.0. The zero-order valence-electron chi connectivity index (χ0n) is 20.4. The van der Waals surface area contributed by atoms with Gasteiger partial charge in [-0.1, -0.05) is 17.7 Å². The van der Waals surface area contributed by atoms with Crippen molar-refractivity contribution in [3.63, 3.8) is 0 Å². The monoisotopic (exact) mass is 488 g/mol. The average Bonchev–Trinajstić information content (AvgIpc) is 3.30. The van der Waals surface area contributed by atoms with Crippen LogP contribution < -0.4 is 10.3 Å². The highest BCUT2D eigenvalue weighted by atomic mass is 32.2. The van der Waals surface area contributed by atoms with Gasteiger partial charge in [-0.15, -0.1) is 0 Å². The van der Waals surface area contributed by atoms with Gasteiger partial charge in [0.15, 0.2) is 0 Å². The number of nitrogens with zero attached hydrogens (tertiary/aromatic N) is 2. The van der Waals surface area contributed by atoms with Crippen molar-refractivity contribution in [1.29, 1.82) is 0 Å². The van der Waals surface area contributed by atoms with E-state index in [0.29, 0.717) is 17.7 Å². The van der Waals surface area contributed by atoms with Crippen molar-refractivity contribution in [3.05, 3.63) is 87.6 Å². The van der Waals surface area contributed by atoms with Crippen molar-refractivity contribution in [1.82, 2.24) is 14.1 Å². The van der Waals surface area contributed by atoms with Crippen molar-refractivity contribution in [2.24, 2.45) is 7.05 Å². The third kappa shape index (κ3) is 4.14. The van der Waals surface area contributed by atoms with Crippen LogP contribution in [-0.2, 0) is 23.6 Å². The summed E-state index contributed by atoms with van der Waals surface area (Å²) in [5.74, 6) is 0. The lowest BCUT2D eigenvalue weighted by Gasteiger charge is -2.16. The molecule has 5 rings (SSSR count). The SMILES string of the molecule is Cc1cc(C)c(Cn2ccc3cc(NS(C)(=O)=O)cc(-c4cn(C)c5c(=O)[nH]ccc45)c32)c(C)c1. The molecule has 180 valence electrons. The van der Waals surface area contributed by atoms with Crippen molar-refractivity contribution in [2.45, 2.75) is 27.3 Å². The van der Waals surface area contributed by atoms with E-state index in [4.69, 9.17) is 0 Å². The fourth-order valence-electron chi connectivity index (χ4n) is 5.17. The largest absolute Gasteiger partial charge is 0.345 e. The lowest BCUT2D eigenvalue weighted by atomic mass is 9.99. The standard InChI is InChI=1S/C27H28N4O3S/c1-16-10-17(2)23(18(3)11-16)15-31-9-7-19-12-20(29-35(5,33)34)13-22(25(19)31)24-14-30(4)26-21(24)6-8-28-27(26)32/h6-14,29H,15H2,1-5H3,(H,28,32). The van der Waals surface area contributed by atoms with Gasteiger partial charge in [0.05, 0.1) is 11.8 Å². The fourth-order valence-corrected chi connectivity index (χ4v) is 5.72. The van der Waals surface area contributed by atoms with Crippen molar-refractivity contribution >= 4 is 37.5 Å². The molecule has 8 heteroatoms. The van der Waals surface area contributed by atoms with E-state index >= 15 is 0 Å². The lowest BCUT2D eigenvalue weighted by molar-refractivity contribution is 0.607. The van der Waals surface area contributed by atoms with Crippen LogP contribution in [0.4, 0.5) is 5.69 Å². The predicted molar refractivity (Wildman–Crippen MR) is 143 cm³/mol. The molecule has 7 nitrogen and oxygen atoms in total. The Morgan fingerprint density at radius 2 is 1.69 bits per heavy atom. The molecule has 3 heterocycles. The molecule has 0 aliphatic heterocycles. The minimum absolute atomic E-state index is 0.167. The first-order valence-electron chi connectivity index (χ1n) is 11.4. The van der Waals surface area contributed by atoms with Crippen molar-refractivity contribution in [3.8, 4) is 11.1 Å². The number of benzene rings is 2. The Morgan fingerprint density at radius 3 is 2.37 bits per heavy atom. The number of anilines is 1. The Balaban J connectivity index is 1.80. The van der Waals surface area contributed by atoms with Gasteiger partial charge in [-0.2, -0.15) is 0 Å². The van der Waals surface area contributed by atoms with Crippen LogP contribution in [0.2, 0.25) is 0 Å². The predicted octanol–water partition coefficient (Wildman–Crippen LogP) is 4.83. The van der Waals surface area contributed by atoms with E-state index in [1.54, 1.807) is 6.20 Å². The number of hydrogen-bond acceptors (Lipinski definition) is 3. The van der Waals surface area contributed by atoms with Crippen LogP contribution in [0.3, 0.4) is 0 Å². The molecule has 0 saturated carbocycles. The number of sulfonamides is 1. The number of pyridine rings is 1. The van der Waals surface area contributed by atoms with E-state index in [9.17, 15) is 13.2 Å². The lowest BCUT2D eigenvalue weighted by Crippen LogP contribution is -2.10. The molecule has 5 aromatic rings. The molecule has 2 N–H and O–H groups in total. The normalized spacial score (nSPS) is 12.0. The molecule has 0 bridgehead atoms. The third-order valence-electron chi connectivity index (χ3n) is 6.52. The first-order chi connectivity index (χ1) is 16.5. The van der Waals surface area contributed by atoms with Crippen LogP contribution in [0.5, 0.6) is 0 Å². The number of aryl methyl sites for hydroxylation is 4. The van der Waals surface area contributed by atoms with E-state index in [1.165, 1.54) is 22.3 Å². The minimum atomic E-state index is -3.46. The molecule has 2 aromatic carbocycles. The van der Waals surface area contributed by atoms with Crippen LogP contribution in [0.15, 0.2) is 59.8 Å². The molecule has 0 aliphatic rings. The Morgan fingerprint density at radius 1 is 0.971 bits per heavy atom. The number of H-pyrrole nitrogens is 1. The number of fused-ring (bicyclic) bond motifs is 2. The van der Waals surface area contributed by atoms with Crippen LogP contribution >= 0.6 is 0 Å². The summed E-state index contributed by atoms with van der Waals surface area (Å²) < 4.78 is 30.7. The van der Waals surface area contributed by atoms with Gasteiger partial charge in [-0.25, -0.2) is 8.42 Å². The van der Waals surface area contributed by atoms with Gasteiger partial charge in [-0.3, -0.25) is 9.52 Å². The third-order valence-corrected chi connectivity index (χ3v) is 7.13. The van der Waals surface area contributed by atoms with Crippen LogP contribution in [0, 0.1) is 20.8 Å². The van der Waals surface area contributed by atoms with Crippen molar-refractivity contribution < 1.29 is 8.42 Å². The second-order valence-corrected chi connectivity index (χ2v) is 11.1. The summed E-state index contributed by atoms with van der Waals surface area (Å²) >= 11 is 0. The Kier molecular flexibility index (Phi) is 5.36. The van der Waals surface area contributed by atoms with E-state index in [2.05, 4.69) is 47.2 Å². The molecule has 0 fully saturated rings. The molecule has 0 atom stereocenters. The van der Waals surface area contributed by atoms with Gasteiger partial charge in [0.2, 0.25) is 10.0 Å². The van der Waals surface area contributed by atoms with E-state index < -0.39 is 10.0 Å². The zero-order chi connectivity index (χ0) is 25.1. The Hall–Kier alpha value is -3.78. The van der Waals surface area contributed by atoms with Crippen molar-refractivity contribution in [2.75, 3.05) is 11.0 Å². The molecule has 0 spiro atoms. The second kappa shape index (κ2) is 8.16. The van der Waals surface area contributed by atoms with Crippen LogP contribution in [0.25, 0.3) is 32.9 Å². The van der Waals surface area contributed by atoms with E-state index in [1.807, 2.05) is 48.3 Å². The summed E-state index contributed by atoms with van der Waals surface area (Å²) in [4.78, 5) is 15.3. The number of aromatic nitrogens is 3. The van der Waals surface area contributed by atoms with E-state index in [-0.39, 0.29) is 5.56 Å². The summed E-state index contributed by atoms with van der Waals surface area (Å²) in [7, 11) is -1.62. The van der Waals surface area contributed by atoms with Gasteiger partial charge in [0.1, 0.15) is 5.52 Å². The highest BCUT2D eigenvalue weighted by molar-refractivity contribution is 7.92. The number of hydrogen-bond donors (Lipinski definition) is 2. The maximum Gasteiger partial charge on any atom is 0.272 e. The molecule has 0 unspecified atom stereocenters. The van der Waals surface area contributed by atoms with Gasteiger partial charge >= 0.3 is 0 Å². The van der Waals surface area contributed by atoms with Gasteiger partial charge in [0, 0.05) is 59.8 Å².